The minimum absolute atomic E-state index is 0.334. The van der Waals surface area contributed by atoms with Gasteiger partial charge in [-0.1, -0.05) is 0 Å². The average molecular weight is 210 g/mol. The van der Waals surface area contributed by atoms with E-state index in [0.29, 0.717) is 13.2 Å². The van der Waals surface area contributed by atoms with Gasteiger partial charge in [0.25, 0.3) is 0 Å². The van der Waals surface area contributed by atoms with Gasteiger partial charge >= 0.3 is 0 Å². The fourth-order valence-electron chi connectivity index (χ4n) is 1.47. The van der Waals surface area contributed by atoms with E-state index in [0.717, 1.165) is 17.1 Å². The van der Waals surface area contributed by atoms with Crippen molar-refractivity contribution < 1.29 is 18.9 Å². The van der Waals surface area contributed by atoms with Gasteiger partial charge in [0.05, 0.1) is 13.7 Å². The zero-order valence-electron chi connectivity index (χ0n) is 8.86. The molecule has 0 N–H and O–H groups in total. The summed E-state index contributed by atoms with van der Waals surface area (Å²) in [5.41, 5.74) is 0.980. The van der Waals surface area contributed by atoms with Crippen LogP contribution in [0.4, 0.5) is 0 Å². The van der Waals surface area contributed by atoms with Crippen molar-refractivity contribution in [2.45, 2.75) is 12.9 Å². The molecule has 82 valence electrons. The zero-order valence-corrected chi connectivity index (χ0v) is 8.86. The van der Waals surface area contributed by atoms with Crippen molar-refractivity contribution in [3.8, 4) is 11.5 Å². The Morgan fingerprint density at radius 2 is 2.20 bits per heavy atom. The molecule has 0 aliphatic carbocycles. The summed E-state index contributed by atoms with van der Waals surface area (Å²) in [5.74, 6) is 1.59. The van der Waals surface area contributed by atoms with Gasteiger partial charge in [0.15, 0.2) is 0 Å². The van der Waals surface area contributed by atoms with Crippen LogP contribution in [0.25, 0.3) is 0 Å². The third-order valence-electron chi connectivity index (χ3n) is 2.30. The molecule has 0 saturated carbocycles. The second kappa shape index (κ2) is 4.51. The molecule has 1 aliphatic rings. The van der Waals surface area contributed by atoms with E-state index in [1.54, 1.807) is 14.2 Å². The molecule has 0 radical (unpaired) electrons. The van der Waals surface area contributed by atoms with Gasteiger partial charge in [0, 0.05) is 12.7 Å². The molecule has 0 bridgehead atoms. The summed E-state index contributed by atoms with van der Waals surface area (Å²) in [5, 5.41) is 0. The summed E-state index contributed by atoms with van der Waals surface area (Å²) in [4.78, 5) is 0. The SMILES string of the molecule is COc1ccc2c(c1)COCC(OC)O2. The molecule has 0 spiro atoms. The molecule has 15 heavy (non-hydrogen) atoms. The Morgan fingerprint density at radius 3 is 2.93 bits per heavy atom. The first-order chi connectivity index (χ1) is 7.33. The van der Waals surface area contributed by atoms with Crippen LogP contribution in [-0.2, 0) is 16.1 Å². The maximum absolute atomic E-state index is 5.60. The van der Waals surface area contributed by atoms with Crippen molar-refractivity contribution in [2.75, 3.05) is 20.8 Å². The van der Waals surface area contributed by atoms with Crippen molar-refractivity contribution in [1.29, 1.82) is 0 Å². The van der Waals surface area contributed by atoms with Crippen LogP contribution in [0.15, 0.2) is 18.2 Å². The summed E-state index contributed by atoms with van der Waals surface area (Å²) in [6, 6.07) is 5.64. The monoisotopic (exact) mass is 210 g/mol. The summed E-state index contributed by atoms with van der Waals surface area (Å²) in [6.45, 7) is 0.958. The van der Waals surface area contributed by atoms with E-state index in [-0.39, 0.29) is 6.29 Å². The van der Waals surface area contributed by atoms with Crippen LogP contribution < -0.4 is 9.47 Å². The molecule has 0 aromatic heterocycles. The standard InChI is InChI=1S/C11H14O4/c1-12-9-3-4-10-8(5-9)6-14-7-11(13-2)15-10/h3-5,11H,6-7H2,1-2H3. The molecule has 4 heteroatoms. The molecular formula is C11H14O4. The summed E-state index contributed by atoms with van der Waals surface area (Å²) in [7, 11) is 3.24. The maximum Gasteiger partial charge on any atom is 0.223 e. The molecule has 1 atom stereocenters. The molecule has 2 rings (SSSR count). The molecule has 0 fully saturated rings. The predicted molar refractivity (Wildman–Crippen MR) is 54.1 cm³/mol. The van der Waals surface area contributed by atoms with Crippen LogP contribution >= 0.6 is 0 Å². The highest BCUT2D eigenvalue weighted by molar-refractivity contribution is 5.40. The van der Waals surface area contributed by atoms with Gasteiger partial charge in [-0.25, -0.2) is 0 Å². The Balaban J connectivity index is 2.25. The van der Waals surface area contributed by atoms with Gasteiger partial charge in [-0.15, -0.1) is 0 Å². The minimum atomic E-state index is -0.334. The molecule has 1 aromatic carbocycles. The lowest BCUT2D eigenvalue weighted by atomic mass is 10.2. The number of benzene rings is 1. The lowest BCUT2D eigenvalue weighted by molar-refractivity contribution is -0.0950. The number of rotatable bonds is 2. The first-order valence-electron chi connectivity index (χ1n) is 4.77. The number of fused-ring (bicyclic) bond motifs is 1. The number of hydrogen-bond donors (Lipinski definition) is 0. The van der Waals surface area contributed by atoms with Crippen LogP contribution in [0, 0.1) is 0 Å². The molecule has 1 aromatic rings. The van der Waals surface area contributed by atoms with Gasteiger partial charge in [-0.2, -0.15) is 0 Å². The molecule has 0 saturated heterocycles. The van der Waals surface area contributed by atoms with E-state index < -0.39 is 0 Å². The third-order valence-corrected chi connectivity index (χ3v) is 2.30. The van der Waals surface area contributed by atoms with E-state index in [9.17, 15) is 0 Å². The second-order valence-corrected chi connectivity index (χ2v) is 3.27. The van der Waals surface area contributed by atoms with Crippen LogP contribution in [0.1, 0.15) is 5.56 Å². The molecule has 1 unspecified atom stereocenters. The van der Waals surface area contributed by atoms with Gasteiger partial charge in [-0.3, -0.25) is 0 Å². The van der Waals surface area contributed by atoms with E-state index in [1.165, 1.54) is 0 Å². The number of methoxy groups -OCH3 is 2. The summed E-state index contributed by atoms with van der Waals surface area (Å²) < 4.78 is 21.3. The van der Waals surface area contributed by atoms with Crippen molar-refractivity contribution in [2.24, 2.45) is 0 Å². The molecule has 1 heterocycles. The van der Waals surface area contributed by atoms with Crippen LogP contribution in [0.5, 0.6) is 11.5 Å². The Kier molecular flexibility index (Phi) is 3.08. The van der Waals surface area contributed by atoms with Crippen LogP contribution in [0.3, 0.4) is 0 Å². The predicted octanol–water partition coefficient (Wildman–Crippen LogP) is 1.58. The van der Waals surface area contributed by atoms with E-state index >= 15 is 0 Å². The third kappa shape index (κ3) is 2.22. The molecule has 0 amide bonds. The highest BCUT2D eigenvalue weighted by Crippen LogP contribution is 2.27. The summed E-state index contributed by atoms with van der Waals surface area (Å²) in [6.07, 6.45) is -0.334. The van der Waals surface area contributed by atoms with Crippen LogP contribution in [-0.4, -0.2) is 27.1 Å². The fraction of sp³-hybridized carbons (Fsp3) is 0.455. The first kappa shape index (κ1) is 10.3. The largest absolute Gasteiger partial charge is 0.497 e. The smallest absolute Gasteiger partial charge is 0.223 e. The highest BCUT2D eigenvalue weighted by atomic mass is 16.7. The van der Waals surface area contributed by atoms with Gasteiger partial charge < -0.3 is 18.9 Å². The molecular weight excluding hydrogens is 196 g/mol. The Morgan fingerprint density at radius 1 is 1.33 bits per heavy atom. The van der Waals surface area contributed by atoms with Crippen LogP contribution in [0.2, 0.25) is 0 Å². The van der Waals surface area contributed by atoms with Gasteiger partial charge in [0.1, 0.15) is 18.1 Å². The zero-order chi connectivity index (χ0) is 10.7. The van der Waals surface area contributed by atoms with Crippen molar-refractivity contribution in [1.82, 2.24) is 0 Å². The molecule has 4 nitrogen and oxygen atoms in total. The lowest BCUT2D eigenvalue weighted by Gasteiger charge is -2.14. The normalized spacial score (nSPS) is 20.0. The molecule has 1 aliphatic heterocycles. The summed E-state index contributed by atoms with van der Waals surface area (Å²) >= 11 is 0. The quantitative estimate of drug-likeness (QED) is 0.742. The van der Waals surface area contributed by atoms with Crippen molar-refractivity contribution in [3.05, 3.63) is 23.8 Å². The van der Waals surface area contributed by atoms with E-state index in [1.807, 2.05) is 18.2 Å². The second-order valence-electron chi connectivity index (χ2n) is 3.27. The Labute approximate surface area is 88.7 Å². The average Bonchev–Trinajstić information content (AvgIpc) is 2.49. The first-order valence-corrected chi connectivity index (χ1v) is 4.77. The Hall–Kier alpha value is -1.26. The highest BCUT2D eigenvalue weighted by Gasteiger charge is 2.17. The fourth-order valence-corrected chi connectivity index (χ4v) is 1.47. The maximum atomic E-state index is 5.60. The van der Waals surface area contributed by atoms with Crippen molar-refractivity contribution in [3.63, 3.8) is 0 Å². The van der Waals surface area contributed by atoms with Gasteiger partial charge in [0.2, 0.25) is 6.29 Å². The topological polar surface area (TPSA) is 36.9 Å². The van der Waals surface area contributed by atoms with E-state index in [4.69, 9.17) is 18.9 Å². The number of ether oxygens (including phenoxy) is 4. The number of hydrogen-bond acceptors (Lipinski definition) is 4. The van der Waals surface area contributed by atoms with E-state index in [2.05, 4.69) is 0 Å². The Bertz CT molecular complexity index is 337. The minimum Gasteiger partial charge on any atom is -0.497 e. The lowest BCUT2D eigenvalue weighted by Crippen LogP contribution is -2.22. The van der Waals surface area contributed by atoms with Crippen molar-refractivity contribution >= 4 is 0 Å². The van der Waals surface area contributed by atoms with Gasteiger partial charge in [-0.05, 0) is 18.2 Å².